The lowest BCUT2D eigenvalue weighted by molar-refractivity contribution is 0.288. The largest absolute Gasteiger partial charge is 0.396 e. The zero-order chi connectivity index (χ0) is 19.7. The molecule has 0 bridgehead atoms. The third-order valence-corrected chi connectivity index (χ3v) is 4.87. The average Bonchev–Trinajstić information content (AvgIpc) is 2.68. The monoisotopic (exact) mass is 384 g/mol. The zero-order valence-electron chi connectivity index (χ0n) is 15.2. The minimum absolute atomic E-state index is 0.0666. The van der Waals surface area contributed by atoms with E-state index in [4.69, 9.17) is 9.66 Å². The highest BCUT2D eigenvalue weighted by Crippen LogP contribution is 2.19. The molecule has 0 amide bonds. The quantitative estimate of drug-likeness (QED) is 0.634. The van der Waals surface area contributed by atoms with E-state index >= 15 is 0 Å². The molecule has 3 aromatic rings. The van der Waals surface area contributed by atoms with Crippen molar-refractivity contribution in [2.24, 2.45) is 0 Å². The summed E-state index contributed by atoms with van der Waals surface area (Å²) in [5, 5.41) is 8.76. The second-order valence-electron chi connectivity index (χ2n) is 6.18. The molecular weight excluding hydrogens is 360 g/mol. The van der Waals surface area contributed by atoms with Crippen molar-refractivity contribution in [2.45, 2.75) is 24.7 Å². The highest BCUT2D eigenvalue weighted by atomic mass is 32.2. The van der Waals surface area contributed by atoms with Crippen LogP contribution in [-0.4, -0.2) is 24.7 Å². The molecule has 0 spiro atoms. The second kappa shape index (κ2) is 10.0. The van der Waals surface area contributed by atoms with E-state index < -0.39 is 10.1 Å². The van der Waals surface area contributed by atoms with Gasteiger partial charge in [0.1, 0.15) is 0 Å². The fourth-order valence-corrected chi connectivity index (χ4v) is 2.97. The molecular formula is C22H24O4S. The lowest BCUT2D eigenvalue weighted by atomic mass is 10.0. The Kier molecular flexibility index (Phi) is 7.73. The van der Waals surface area contributed by atoms with Gasteiger partial charge in [0.2, 0.25) is 0 Å². The summed E-state index contributed by atoms with van der Waals surface area (Å²) in [6.45, 7) is 2.11. The van der Waals surface area contributed by atoms with Crippen LogP contribution < -0.4 is 0 Å². The van der Waals surface area contributed by atoms with Crippen LogP contribution in [0.3, 0.4) is 0 Å². The van der Waals surface area contributed by atoms with E-state index in [2.05, 4.69) is 48.5 Å². The Bertz CT molecular complexity index is 916. The SMILES string of the molecule is Cc1ccc(S(=O)(=O)O)cc1.OCCCc1ccc(-c2ccccc2)cc1. The third-order valence-electron chi connectivity index (χ3n) is 4.00. The van der Waals surface area contributed by atoms with E-state index in [-0.39, 0.29) is 11.5 Å². The number of aliphatic hydroxyl groups is 1. The molecule has 0 saturated carbocycles. The van der Waals surface area contributed by atoms with Crippen molar-refractivity contribution >= 4 is 10.1 Å². The Morgan fingerprint density at radius 1 is 0.778 bits per heavy atom. The molecule has 3 aromatic carbocycles. The molecule has 0 aliphatic rings. The Morgan fingerprint density at radius 2 is 1.33 bits per heavy atom. The minimum Gasteiger partial charge on any atom is -0.396 e. The summed E-state index contributed by atoms with van der Waals surface area (Å²) in [5.41, 5.74) is 4.73. The number of hydrogen-bond acceptors (Lipinski definition) is 3. The van der Waals surface area contributed by atoms with Crippen LogP contribution in [0.15, 0.2) is 83.8 Å². The van der Waals surface area contributed by atoms with Crippen molar-refractivity contribution in [1.82, 2.24) is 0 Å². The number of aliphatic hydroxyl groups excluding tert-OH is 1. The predicted octanol–water partition coefficient (Wildman–Crippen LogP) is 4.52. The van der Waals surface area contributed by atoms with Gasteiger partial charge in [-0.1, -0.05) is 72.3 Å². The van der Waals surface area contributed by atoms with Gasteiger partial charge in [-0.2, -0.15) is 8.42 Å². The summed E-state index contributed by atoms with van der Waals surface area (Å²) in [6.07, 6.45) is 1.79. The average molecular weight is 384 g/mol. The van der Waals surface area contributed by atoms with Crippen molar-refractivity contribution in [1.29, 1.82) is 0 Å². The van der Waals surface area contributed by atoms with Crippen LogP contribution in [0.4, 0.5) is 0 Å². The highest BCUT2D eigenvalue weighted by Gasteiger charge is 2.06. The molecule has 0 atom stereocenters. The second-order valence-corrected chi connectivity index (χ2v) is 7.60. The molecule has 4 nitrogen and oxygen atoms in total. The molecule has 142 valence electrons. The molecule has 0 aliphatic heterocycles. The van der Waals surface area contributed by atoms with Gasteiger partial charge in [-0.05, 0) is 48.6 Å². The van der Waals surface area contributed by atoms with Crippen LogP contribution in [-0.2, 0) is 16.5 Å². The maximum atomic E-state index is 10.5. The van der Waals surface area contributed by atoms with Crippen LogP contribution in [0, 0.1) is 6.92 Å². The highest BCUT2D eigenvalue weighted by molar-refractivity contribution is 7.85. The summed E-state index contributed by atoms with van der Waals surface area (Å²) >= 11 is 0. The maximum Gasteiger partial charge on any atom is 0.294 e. The number of rotatable bonds is 5. The van der Waals surface area contributed by atoms with Crippen LogP contribution >= 0.6 is 0 Å². The van der Waals surface area contributed by atoms with Gasteiger partial charge >= 0.3 is 0 Å². The van der Waals surface area contributed by atoms with E-state index in [1.807, 2.05) is 13.0 Å². The van der Waals surface area contributed by atoms with Gasteiger partial charge in [-0.3, -0.25) is 4.55 Å². The van der Waals surface area contributed by atoms with Gasteiger partial charge in [0.25, 0.3) is 10.1 Å². The molecule has 0 unspecified atom stereocenters. The Labute approximate surface area is 160 Å². The Balaban J connectivity index is 0.000000208. The lowest BCUT2D eigenvalue weighted by Gasteiger charge is -2.03. The first-order chi connectivity index (χ1) is 12.9. The minimum atomic E-state index is -4.02. The molecule has 0 fully saturated rings. The van der Waals surface area contributed by atoms with Crippen molar-refractivity contribution < 1.29 is 18.1 Å². The fraction of sp³-hybridized carbons (Fsp3) is 0.182. The van der Waals surface area contributed by atoms with Crippen LogP contribution in [0.5, 0.6) is 0 Å². The zero-order valence-corrected chi connectivity index (χ0v) is 16.1. The Hall–Kier alpha value is -2.47. The smallest absolute Gasteiger partial charge is 0.294 e. The van der Waals surface area contributed by atoms with Gasteiger partial charge in [0.15, 0.2) is 0 Å². The van der Waals surface area contributed by atoms with E-state index in [9.17, 15) is 8.42 Å². The van der Waals surface area contributed by atoms with Crippen LogP contribution in [0.2, 0.25) is 0 Å². The summed E-state index contributed by atoms with van der Waals surface area (Å²) in [7, 11) is -4.02. The molecule has 0 radical (unpaired) electrons. The fourth-order valence-electron chi connectivity index (χ4n) is 2.49. The standard InChI is InChI=1S/C15H16O.C7H8O3S/c16-12-4-5-13-8-10-15(11-9-13)14-6-2-1-3-7-14;1-6-2-4-7(5-3-6)11(8,9)10/h1-3,6-11,16H,4-5,12H2;2-5H,1H3,(H,8,9,10). The van der Waals surface area contributed by atoms with Crippen molar-refractivity contribution in [3.05, 3.63) is 90.0 Å². The van der Waals surface area contributed by atoms with E-state index in [1.54, 1.807) is 12.1 Å². The summed E-state index contributed by atoms with van der Waals surface area (Å²) < 4.78 is 29.6. The van der Waals surface area contributed by atoms with Gasteiger partial charge in [0.05, 0.1) is 4.90 Å². The van der Waals surface area contributed by atoms with Crippen molar-refractivity contribution in [2.75, 3.05) is 6.61 Å². The van der Waals surface area contributed by atoms with Gasteiger partial charge in [-0.25, -0.2) is 0 Å². The normalized spacial score (nSPS) is 10.8. The lowest BCUT2D eigenvalue weighted by Crippen LogP contribution is -1.96. The number of hydrogen-bond donors (Lipinski definition) is 2. The summed E-state index contributed by atoms with van der Waals surface area (Å²) in [4.78, 5) is -0.0666. The van der Waals surface area contributed by atoms with Crippen LogP contribution in [0.25, 0.3) is 11.1 Å². The summed E-state index contributed by atoms with van der Waals surface area (Å²) in [6, 6.07) is 24.9. The molecule has 0 saturated heterocycles. The molecule has 0 aromatic heterocycles. The van der Waals surface area contributed by atoms with Crippen molar-refractivity contribution in [3.8, 4) is 11.1 Å². The number of aryl methyl sites for hydroxylation is 2. The molecule has 5 heteroatoms. The van der Waals surface area contributed by atoms with E-state index in [0.717, 1.165) is 18.4 Å². The van der Waals surface area contributed by atoms with Gasteiger partial charge in [-0.15, -0.1) is 0 Å². The first kappa shape index (κ1) is 20.8. The van der Waals surface area contributed by atoms with E-state index in [1.165, 1.54) is 28.8 Å². The Morgan fingerprint density at radius 3 is 1.85 bits per heavy atom. The number of benzene rings is 3. The maximum absolute atomic E-state index is 10.5. The van der Waals surface area contributed by atoms with Crippen LogP contribution in [0.1, 0.15) is 17.5 Å². The first-order valence-corrected chi connectivity index (χ1v) is 10.1. The predicted molar refractivity (Wildman–Crippen MR) is 108 cm³/mol. The molecule has 0 aliphatic carbocycles. The molecule has 3 rings (SSSR count). The van der Waals surface area contributed by atoms with Gasteiger partial charge in [0, 0.05) is 6.61 Å². The topological polar surface area (TPSA) is 74.6 Å². The third kappa shape index (κ3) is 6.98. The molecule has 2 N–H and O–H groups in total. The molecule has 0 heterocycles. The van der Waals surface area contributed by atoms with E-state index in [0.29, 0.717) is 0 Å². The van der Waals surface area contributed by atoms with Gasteiger partial charge < -0.3 is 5.11 Å². The molecule has 27 heavy (non-hydrogen) atoms. The summed E-state index contributed by atoms with van der Waals surface area (Å²) in [5.74, 6) is 0. The van der Waals surface area contributed by atoms with Crippen molar-refractivity contribution in [3.63, 3.8) is 0 Å². The first-order valence-electron chi connectivity index (χ1n) is 8.69.